The highest BCUT2D eigenvalue weighted by molar-refractivity contribution is 5.30. The van der Waals surface area contributed by atoms with E-state index in [1.165, 1.54) is 0 Å². The minimum absolute atomic E-state index is 0.457. The number of aromatic nitrogens is 2. The van der Waals surface area contributed by atoms with Gasteiger partial charge in [0.05, 0.1) is 31.1 Å². The van der Waals surface area contributed by atoms with Crippen molar-refractivity contribution in [2.24, 2.45) is 5.92 Å². The summed E-state index contributed by atoms with van der Waals surface area (Å²) >= 11 is 0. The van der Waals surface area contributed by atoms with Gasteiger partial charge in [0.25, 0.3) is 0 Å². The van der Waals surface area contributed by atoms with E-state index in [-0.39, 0.29) is 0 Å². The lowest BCUT2D eigenvalue weighted by Gasteiger charge is -2.26. The van der Waals surface area contributed by atoms with Crippen LogP contribution < -0.4 is 5.73 Å². The van der Waals surface area contributed by atoms with Crippen LogP contribution in [0, 0.1) is 5.92 Å². The summed E-state index contributed by atoms with van der Waals surface area (Å²) in [4.78, 5) is 2.21. The van der Waals surface area contributed by atoms with Crippen molar-refractivity contribution in [1.29, 1.82) is 0 Å². The van der Waals surface area contributed by atoms with Gasteiger partial charge in [-0.2, -0.15) is 5.10 Å². The van der Waals surface area contributed by atoms with Crippen LogP contribution >= 0.6 is 0 Å². The van der Waals surface area contributed by atoms with Crippen molar-refractivity contribution in [2.75, 3.05) is 39.1 Å². The third kappa shape index (κ3) is 6.56. The number of hydrogen-bond acceptors (Lipinski definition) is 5. The highest BCUT2D eigenvalue weighted by Gasteiger charge is 2.13. The number of hydrogen-bond donors (Lipinski definition) is 2. The normalized spacial score (nSPS) is 13.4. The lowest BCUT2D eigenvalue weighted by molar-refractivity contribution is 0.0714. The maximum absolute atomic E-state index is 10.1. The molecule has 1 unspecified atom stereocenters. The van der Waals surface area contributed by atoms with Crippen LogP contribution in [-0.2, 0) is 11.3 Å². The van der Waals surface area contributed by atoms with Gasteiger partial charge >= 0.3 is 0 Å². The molecule has 3 N–H and O–H groups in total. The molecule has 0 radical (unpaired) electrons. The summed E-state index contributed by atoms with van der Waals surface area (Å²) in [6.45, 7) is 7.85. The molecule has 0 aromatic carbocycles. The second-order valence-corrected chi connectivity index (χ2v) is 5.30. The zero-order valence-electron chi connectivity index (χ0n) is 12.1. The number of nitrogen functional groups attached to an aromatic ring is 1. The van der Waals surface area contributed by atoms with Gasteiger partial charge in [0.1, 0.15) is 0 Å². The van der Waals surface area contributed by atoms with Gasteiger partial charge in [0, 0.05) is 32.9 Å². The van der Waals surface area contributed by atoms with Crippen molar-refractivity contribution in [3.05, 3.63) is 12.4 Å². The van der Waals surface area contributed by atoms with Gasteiger partial charge < -0.3 is 15.6 Å². The summed E-state index contributed by atoms with van der Waals surface area (Å²) in [5.74, 6) is 0.560. The molecule has 19 heavy (non-hydrogen) atoms. The number of aliphatic hydroxyl groups is 1. The first-order valence-corrected chi connectivity index (χ1v) is 6.68. The van der Waals surface area contributed by atoms with Crippen LogP contribution in [-0.4, -0.2) is 59.2 Å². The fourth-order valence-electron chi connectivity index (χ4n) is 2.05. The Morgan fingerprint density at radius 2 is 2.21 bits per heavy atom. The van der Waals surface area contributed by atoms with Crippen LogP contribution in [0.4, 0.5) is 5.69 Å². The molecule has 0 saturated carbocycles. The van der Waals surface area contributed by atoms with E-state index in [4.69, 9.17) is 10.5 Å². The number of anilines is 1. The minimum atomic E-state index is -0.463. The Hall–Kier alpha value is -1.11. The van der Waals surface area contributed by atoms with Gasteiger partial charge in [-0.1, -0.05) is 13.8 Å². The number of nitrogens with two attached hydrogens (primary N) is 1. The minimum Gasteiger partial charge on any atom is -0.396 e. The number of methoxy groups -OCH3 is 1. The molecule has 0 aliphatic carbocycles. The molecule has 6 nitrogen and oxygen atoms in total. The fraction of sp³-hybridized carbons (Fsp3) is 0.769. The quantitative estimate of drug-likeness (QED) is 0.680. The second-order valence-electron chi connectivity index (χ2n) is 5.30. The molecule has 110 valence electrons. The number of nitrogens with zero attached hydrogens (tertiary/aromatic N) is 3. The van der Waals surface area contributed by atoms with E-state index in [0.29, 0.717) is 31.3 Å². The largest absolute Gasteiger partial charge is 0.396 e. The Labute approximate surface area is 115 Å². The van der Waals surface area contributed by atoms with E-state index >= 15 is 0 Å². The lowest BCUT2D eigenvalue weighted by atomic mass is 10.2. The molecular formula is C13H26N4O2. The number of rotatable bonds is 9. The third-order valence-corrected chi connectivity index (χ3v) is 2.75. The molecule has 1 aromatic heterocycles. The van der Waals surface area contributed by atoms with Crippen LogP contribution in [0.15, 0.2) is 12.4 Å². The maximum atomic E-state index is 10.1. The van der Waals surface area contributed by atoms with Gasteiger partial charge in [0.15, 0.2) is 0 Å². The standard InChI is InChI=1S/C13H26N4O2/c1-11(2)7-16(4-5-19-3)9-13(18)10-17-8-12(14)6-15-17/h6,8,11,13,18H,4-5,7,9-10,14H2,1-3H3. The smallest absolute Gasteiger partial charge is 0.0862 e. The van der Waals surface area contributed by atoms with Crippen molar-refractivity contribution in [1.82, 2.24) is 14.7 Å². The monoisotopic (exact) mass is 270 g/mol. The summed E-state index contributed by atoms with van der Waals surface area (Å²) in [5, 5.41) is 14.2. The zero-order valence-corrected chi connectivity index (χ0v) is 12.1. The number of aliphatic hydroxyl groups excluding tert-OH is 1. The van der Waals surface area contributed by atoms with Crippen LogP contribution in [0.25, 0.3) is 0 Å². The molecule has 6 heteroatoms. The summed E-state index contributed by atoms with van der Waals surface area (Å²) < 4.78 is 6.77. The van der Waals surface area contributed by atoms with E-state index in [1.807, 2.05) is 0 Å². The molecule has 0 aliphatic heterocycles. The van der Waals surface area contributed by atoms with Gasteiger partial charge in [-0.25, -0.2) is 0 Å². The third-order valence-electron chi connectivity index (χ3n) is 2.75. The SMILES string of the molecule is COCCN(CC(C)C)CC(O)Cn1cc(N)cn1. The second kappa shape index (κ2) is 8.14. The van der Waals surface area contributed by atoms with Crippen molar-refractivity contribution in [3.8, 4) is 0 Å². The topological polar surface area (TPSA) is 76.5 Å². The molecular weight excluding hydrogens is 244 g/mol. The molecule has 0 amide bonds. The molecule has 1 rings (SSSR count). The molecule has 0 spiro atoms. The van der Waals surface area contributed by atoms with E-state index in [0.717, 1.165) is 13.1 Å². The van der Waals surface area contributed by atoms with Gasteiger partial charge in [-0.05, 0) is 5.92 Å². The van der Waals surface area contributed by atoms with E-state index in [1.54, 1.807) is 24.2 Å². The lowest BCUT2D eigenvalue weighted by Crippen LogP contribution is -2.39. The van der Waals surface area contributed by atoms with Crippen molar-refractivity contribution in [3.63, 3.8) is 0 Å². The molecule has 1 atom stereocenters. The maximum Gasteiger partial charge on any atom is 0.0862 e. The summed E-state index contributed by atoms with van der Waals surface area (Å²) in [6, 6.07) is 0. The predicted octanol–water partition coefficient (Wildman–Crippen LogP) is 0.431. The Bertz CT molecular complexity index is 354. The Morgan fingerprint density at radius 1 is 1.47 bits per heavy atom. The van der Waals surface area contributed by atoms with Crippen LogP contribution in [0.1, 0.15) is 13.8 Å². The average molecular weight is 270 g/mol. The van der Waals surface area contributed by atoms with E-state index < -0.39 is 6.10 Å². The van der Waals surface area contributed by atoms with Crippen molar-refractivity contribution < 1.29 is 9.84 Å². The first-order chi connectivity index (χ1) is 9.01. The molecule has 0 saturated heterocycles. The molecule has 0 bridgehead atoms. The Balaban J connectivity index is 2.42. The highest BCUT2D eigenvalue weighted by Crippen LogP contribution is 2.03. The van der Waals surface area contributed by atoms with Gasteiger partial charge in [0.2, 0.25) is 0 Å². The summed E-state index contributed by atoms with van der Waals surface area (Å²) in [5.41, 5.74) is 6.21. The Kier molecular flexibility index (Phi) is 6.83. The van der Waals surface area contributed by atoms with Crippen LogP contribution in [0.5, 0.6) is 0 Å². The molecule has 1 heterocycles. The predicted molar refractivity (Wildman–Crippen MR) is 75.8 cm³/mol. The summed E-state index contributed by atoms with van der Waals surface area (Å²) in [6.07, 6.45) is 2.85. The highest BCUT2D eigenvalue weighted by atomic mass is 16.5. The Morgan fingerprint density at radius 3 is 2.74 bits per heavy atom. The van der Waals surface area contributed by atoms with Crippen LogP contribution in [0.2, 0.25) is 0 Å². The first-order valence-electron chi connectivity index (χ1n) is 6.68. The average Bonchev–Trinajstić information content (AvgIpc) is 2.70. The van der Waals surface area contributed by atoms with Gasteiger partial charge in [-0.15, -0.1) is 0 Å². The molecule has 1 aromatic rings. The molecule has 0 aliphatic rings. The zero-order chi connectivity index (χ0) is 14.3. The molecule has 0 fully saturated rings. The van der Waals surface area contributed by atoms with Crippen molar-refractivity contribution >= 4 is 5.69 Å². The van der Waals surface area contributed by atoms with Gasteiger partial charge in [-0.3, -0.25) is 9.58 Å². The van der Waals surface area contributed by atoms with E-state index in [2.05, 4.69) is 23.8 Å². The fourth-order valence-corrected chi connectivity index (χ4v) is 2.05. The van der Waals surface area contributed by atoms with Crippen LogP contribution in [0.3, 0.4) is 0 Å². The number of ether oxygens (including phenoxy) is 1. The van der Waals surface area contributed by atoms with E-state index in [9.17, 15) is 5.11 Å². The first kappa shape index (κ1) is 15.9. The summed E-state index contributed by atoms with van der Waals surface area (Å²) in [7, 11) is 1.69. The van der Waals surface area contributed by atoms with Crippen molar-refractivity contribution in [2.45, 2.75) is 26.5 Å².